The molecule has 4 nitrogen and oxygen atoms in total. The Morgan fingerprint density at radius 3 is 2.47 bits per heavy atom. The summed E-state index contributed by atoms with van der Waals surface area (Å²) in [7, 11) is -3.05. The topological polar surface area (TPSA) is 48.4 Å². The molecule has 15 heavy (non-hydrogen) atoms. The van der Waals surface area contributed by atoms with E-state index in [0.717, 1.165) is 5.69 Å². The normalized spacial score (nSPS) is 14.1. The maximum atomic E-state index is 12.3. The van der Waals surface area contributed by atoms with Crippen LogP contribution in [0.4, 0.5) is 0 Å². The van der Waals surface area contributed by atoms with Crippen molar-refractivity contribution in [2.24, 2.45) is 0 Å². The minimum Gasteiger partial charge on any atom is -0.308 e. The summed E-state index contributed by atoms with van der Waals surface area (Å²) in [4.78, 5) is 4.13. The third-order valence-electron chi connectivity index (χ3n) is 1.97. The summed E-state index contributed by atoms with van der Waals surface area (Å²) < 4.78 is 22.8. The molecule has 0 N–H and O–H groups in total. The van der Waals surface area contributed by atoms with Crippen LogP contribution in [-0.4, -0.2) is 18.2 Å². The molecule has 0 saturated carbocycles. The summed E-state index contributed by atoms with van der Waals surface area (Å²) in [6.07, 6.45) is 0. The molecule has 1 rings (SSSR count). The van der Waals surface area contributed by atoms with Crippen LogP contribution in [0.1, 0.15) is 32.1 Å². The van der Waals surface area contributed by atoms with Gasteiger partial charge >= 0.3 is 7.60 Å². The molecule has 0 aliphatic carbocycles. The van der Waals surface area contributed by atoms with Crippen LogP contribution in [0.25, 0.3) is 0 Å². The van der Waals surface area contributed by atoms with E-state index in [0.29, 0.717) is 13.2 Å². The lowest BCUT2D eigenvalue weighted by Crippen LogP contribution is -2.04. The van der Waals surface area contributed by atoms with Crippen molar-refractivity contribution < 1.29 is 13.6 Å². The van der Waals surface area contributed by atoms with E-state index in [1.54, 1.807) is 19.4 Å². The predicted octanol–water partition coefficient (Wildman–Crippen LogP) is 3.47. The van der Waals surface area contributed by atoms with E-state index in [-0.39, 0.29) is 5.66 Å². The molecule has 1 heterocycles. The van der Waals surface area contributed by atoms with Gasteiger partial charge in [-0.1, -0.05) is 0 Å². The zero-order valence-electron chi connectivity index (χ0n) is 9.17. The van der Waals surface area contributed by atoms with Gasteiger partial charge in [0.25, 0.3) is 0 Å². The zero-order chi connectivity index (χ0) is 11.3. The first-order valence-corrected chi connectivity index (χ1v) is 7.46. The Kier molecular flexibility index (Phi) is 4.93. The van der Waals surface area contributed by atoms with E-state index in [2.05, 4.69) is 4.98 Å². The quantitative estimate of drug-likeness (QED) is 0.724. The monoisotopic (exact) mass is 249 g/mol. The second-order valence-electron chi connectivity index (χ2n) is 2.96. The van der Waals surface area contributed by atoms with E-state index < -0.39 is 7.60 Å². The SMILES string of the molecule is CCOP(=O)(OCC)[C@H](C)c1cscn1. The Morgan fingerprint density at radius 2 is 2.07 bits per heavy atom. The first-order chi connectivity index (χ1) is 7.14. The molecule has 0 radical (unpaired) electrons. The lowest BCUT2D eigenvalue weighted by molar-refractivity contribution is 0.213. The molecular formula is C9H16NO3PS. The van der Waals surface area contributed by atoms with Gasteiger partial charge in [0, 0.05) is 5.38 Å². The van der Waals surface area contributed by atoms with Crippen molar-refractivity contribution in [3.05, 3.63) is 16.6 Å². The summed E-state index contributed by atoms with van der Waals surface area (Å²) >= 11 is 1.48. The molecule has 0 saturated heterocycles. The molecule has 0 bridgehead atoms. The van der Waals surface area contributed by atoms with Crippen molar-refractivity contribution >= 4 is 18.9 Å². The van der Waals surface area contributed by atoms with Gasteiger partial charge in [-0.2, -0.15) is 0 Å². The van der Waals surface area contributed by atoms with Crippen molar-refractivity contribution in [1.82, 2.24) is 4.98 Å². The van der Waals surface area contributed by atoms with Gasteiger partial charge in [0.1, 0.15) is 5.66 Å². The molecule has 0 fully saturated rings. The number of nitrogens with zero attached hydrogens (tertiary/aromatic N) is 1. The van der Waals surface area contributed by atoms with Gasteiger partial charge in [-0.05, 0) is 20.8 Å². The number of rotatable bonds is 6. The fraction of sp³-hybridized carbons (Fsp3) is 0.667. The molecule has 6 heteroatoms. The van der Waals surface area contributed by atoms with Crippen LogP contribution in [-0.2, 0) is 13.6 Å². The van der Waals surface area contributed by atoms with Crippen LogP contribution in [0, 0.1) is 0 Å². The molecule has 0 aliphatic heterocycles. The van der Waals surface area contributed by atoms with Gasteiger partial charge in [0.15, 0.2) is 0 Å². The Bertz CT molecular complexity index is 318. The molecule has 0 amide bonds. The van der Waals surface area contributed by atoms with E-state index >= 15 is 0 Å². The van der Waals surface area contributed by atoms with Crippen LogP contribution in [0.3, 0.4) is 0 Å². The van der Waals surface area contributed by atoms with Crippen molar-refractivity contribution in [2.75, 3.05) is 13.2 Å². The minimum absolute atomic E-state index is 0.302. The zero-order valence-corrected chi connectivity index (χ0v) is 10.9. The van der Waals surface area contributed by atoms with E-state index in [4.69, 9.17) is 9.05 Å². The molecule has 0 spiro atoms. The van der Waals surface area contributed by atoms with Gasteiger partial charge in [0.05, 0.1) is 24.4 Å². The fourth-order valence-corrected chi connectivity index (χ4v) is 3.67. The molecule has 0 unspecified atom stereocenters. The van der Waals surface area contributed by atoms with Crippen LogP contribution in [0.15, 0.2) is 10.9 Å². The van der Waals surface area contributed by atoms with Crippen molar-refractivity contribution in [3.8, 4) is 0 Å². The average molecular weight is 249 g/mol. The van der Waals surface area contributed by atoms with Crippen molar-refractivity contribution in [3.63, 3.8) is 0 Å². The number of hydrogen-bond donors (Lipinski definition) is 0. The second-order valence-corrected chi connectivity index (χ2v) is 6.05. The van der Waals surface area contributed by atoms with E-state index in [9.17, 15) is 4.57 Å². The predicted molar refractivity (Wildman–Crippen MR) is 61.4 cm³/mol. The Morgan fingerprint density at radius 1 is 1.47 bits per heavy atom. The van der Waals surface area contributed by atoms with Crippen LogP contribution < -0.4 is 0 Å². The Labute approximate surface area is 94.2 Å². The minimum atomic E-state index is -3.05. The number of aromatic nitrogens is 1. The highest BCUT2D eigenvalue weighted by Gasteiger charge is 2.34. The van der Waals surface area contributed by atoms with Gasteiger partial charge < -0.3 is 9.05 Å². The molecule has 86 valence electrons. The van der Waals surface area contributed by atoms with Crippen molar-refractivity contribution in [1.29, 1.82) is 0 Å². The van der Waals surface area contributed by atoms with Crippen LogP contribution >= 0.6 is 18.9 Å². The van der Waals surface area contributed by atoms with Gasteiger partial charge in [0.2, 0.25) is 0 Å². The van der Waals surface area contributed by atoms with Gasteiger partial charge in [-0.3, -0.25) is 4.57 Å². The first-order valence-electron chi connectivity index (χ1n) is 4.91. The highest BCUT2D eigenvalue weighted by Crippen LogP contribution is 2.60. The Hall–Kier alpha value is -0.220. The average Bonchev–Trinajstić information content (AvgIpc) is 2.70. The smallest absolute Gasteiger partial charge is 0.308 e. The molecule has 0 aliphatic rings. The Balaban J connectivity index is 2.84. The summed E-state index contributed by atoms with van der Waals surface area (Å²) in [5.74, 6) is 0. The summed E-state index contributed by atoms with van der Waals surface area (Å²) in [6.45, 7) is 6.19. The highest BCUT2D eigenvalue weighted by molar-refractivity contribution is 7.54. The largest absolute Gasteiger partial charge is 0.339 e. The fourth-order valence-electron chi connectivity index (χ4n) is 1.21. The van der Waals surface area contributed by atoms with Gasteiger partial charge in [-0.15, -0.1) is 11.3 Å². The molecule has 0 aromatic carbocycles. The summed E-state index contributed by atoms with van der Waals surface area (Å²) in [5.41, 5.74) is 2.18. The number of thiazole rings is 1. The van der Waals surface area contributed by atoms with Crippen LogP contribution in [0.5, 0.6) is 0 Å². The van der Waals surface area contributed by atoms with E-state index in [1.807, 2.05) is 12.3 Å². The van der Waals surface area contributed by atoms with E-state index in [1.165, 1.54) is 11.3 Å². The lowest BCUT2D eigenvalue weighted by atomic mass is 10.4. The third kappa shape index (κ3) is 3.11. The number of hydrogen-bond acceptors (Lipinski definition) is 5. The molecule has 1 aromatic heterocycles. The highest BCUT2D eigenvalue weighted by atomic mass is 32.1. The first kappa shape index (κ1) is 12.8. The van der Waals surface area contributed by atoms with Crippen LogP contribution in [0.2, 0.25) is 0 Å². The summed E-state index contributed by atoms with van der Waals surface area (Å²) in [6, 6.07) is 0. The molecule has 1 atom stereocenters. The molecule has 1 aromatic rings. The van der Waals surface area contributed by atoms with Crippen molar-refractivity contribution in [2.45, 2.75) is 26.4 Å². The molecular weight excluding hydrogens is 233 g/mol. The second kappa shape index (κ2) is 5.75. The lowest BCUT2D eigenvalue weighted by Gasteiger charge is -2.21. The third-order valence-corrected chi connectivity index (χ3v) is 5.03. The standard InChI is InChI=1S/C9H16NO3PS/c1-4-12-14(11,13-5-2)8(3)9-6-15-7-10-9/h6-8H,4-5H2,1-3H3/t8-/m1/s1. The maximum Gasteiger partial charge on any atom is 0.339 e. The maximum absolute atomic E-state index is 12.3. The summed E-state index contributed by atoms with van der Waals surface area (Å²) in [5, 5.41) is 1.87. The van der Waals surface area contributed by atoms with Gasteiger partial charge in [-0.25, -0.2) is 4.98 Å².